The van der Waals surface area contributed by atoms with E-state index in [1.807, 2.05) is 0 Å². The van der Waals surface area contributed by atoms with E-state index in [0.717, 1.165) is 12.2 Å². The average Bonchev–Trinajstić information content (AvgIpc) is 1.95. The third kappa shape index (κ3) is 1.63. The minimum Gasteiger partial charge on any atom is -0.396 e. The summed E-state index contributed by atoms with van der Waals surface area (Å²) in [6.45, 7) is -0.0290. The zero-order valence-corrected chi connectivity index (χ0v) is 6.42. The Morgan fingerprint density at radius 2 is 2.10 bits per heavy atom. The van der Waals surface area contributed by atoms with Gasteiger partial charge in [-0.15, -0.1) is 11.8 Å². The molecule has 0 amide bonds. The lowest BCUT2D eigenvalue weighted by molar-refractivity contribution is 0.00124. The molecule has 4 heteroatoms. The molecule has 3 N–H and O–H groups in total. The van der Waals surface area contributed by atoms with Crippen molar-refractivity contribution >= 4 is 11.8 Å². The van der Waals surface area contributed by atoms with Gasteiger partial charge in [0.2, 0.25) is 0 Å². The molecular weight excluding hydrogens is 152 g/mol. The summed E-state index contributed by atoms with van der Waals surface area (Å²) in [4.78, 5) is 0. The molecule has 1 aliphatic heterocycles. The monoisotopic (exact) mass is 164 g/mol. The summed E-state index contributed by atoms with van der Waals surface area (Å²) < 4.78 is 0. The first-order valence-corrected chi connectivity index (χ1v) is 4.39. The number of hydrogen-bond donors (Lipinski definition) is 3. The van der Waals surface area contributed by atoms with E-state index in [2.05, 4.69) is 0 Å². The summed E-state index contributed by atoms with van der Waals surface area (Å²) in [5.41, 5.74) is -0.703. The van der Waals surface area contributed by atoms with Crippen LogP contribution in [0.25, 0.3) is 0 Å². The number of rotatable bonds is 1. The van der Waals surface area contributed by atoms with Gasteiger partial charge in [0, 0.05) is 12.5 Å². The molecule has 0 radical (unpaired) electrons. The van der Waals surface area contributed by atoms with Crippen LogP contribution in [0.4, 0.5) is 0 Å². The lowest BCUT2D eigenvalue weighted by atomic mass is 10.0. The molecule has 10 heavy (non-hydrogen) atoms. The SMILES string of the molecule is OCC1CCSC(O)C1O. The first-order chi connectivity index (χ1) is 4.75. The number of hydrogen-bond acceptors (Lipinski definition) is 4. The Morgan fingerprint density at radius 3 is 2.60 bits per heavy atom. The summed E-state index contributed by atoms with van der Waals surface area (Å²) in [5, 5.41) is 27.0. The Labute approximate surface area is 64.1 Å². The molecule has 0 aliphatic carbocycles. The molecule has 0 bridgehead atoms. The van der Waals surface area contributed by atoms with Gasteiger partial charge in [-0.2, -0.15) is 0 Å². The summed E-state index contributed by atoms with van der Waals surface area (Å²) in [7, 11) is 0. The maximum absolute atomic E-state index is 9.21. The van der Waals surface area contributed by atoms with E-state index in [4.69, 9.17) is 10.2 Å². The average molecular weight is 164 g/mol. The molecular formula is C6H12O3S. The van der Waals surface area contributed by atoms with E-state index < -0.39 is 11.5 Å². The summed E-state index contributed by atoms with van der Waals surface area (Å²) >= 11 is 1.34. The van der Waals surface area contributed by atoms with E-state index >= 15 is 0 Å². The van der Waals surface area contributed by atoms with Crippen molar-refractivity contribution in [1.82, 2.24) is 0 Å². The minimum absolute atomic E-state index is 0.0290. The predicted octanol–water partition coefficient (Wildman–Crippen LogP) is -0.589. The van der Waals surface area contributed by atoms with E-state index in [9.17, 15) is 5.11 Å². The largest absolute Gasteiger partial charge is 0.396 e. The molecule has 3 atom stereocenters. The molecule has 1 fully saturated rings. The summed E-state index contributed by atoms with van der Waals surface area (Å²) in [6.07, 6.45) is 0.0445. The smallest absolute Gasteiger partial charge is 0.126 e. The highest BCUT2D eigenvalue weighted by Gasteiger charge is 2.29. The van der Waals surface area contributed by atoms with Crippen LogP contribution in [0.2, 0.25) is 0 Å². The summed E-state index contributed by atoms with van der Waals surface area (Å²) in [5.74, 6) is 0.694. The molecule has 3 nitrogen and oxygen atoms in total. The lowest BCUT2D eigenvalue weighted by Crippen LogP contribution is -2.37. The highest BCUT2D eigenvalue weighted by molar-refractivity contribution is 7.99. The Hall–Kier alpha value is 0.230. The molecule has 3 unspecified atom stereocenters. The summed E-state index contributed by atoms with van der Waals surface area (Å²) in [6, 6.07) is 0. The van der Waals surface area contributed by atoms with Gasteiger partial charge in [0.25, 0.3) is 0 Å². The fourth-order valence-electron chi connectivity index (χ4n) is 1.04. The topological polar surface area (TPSA) is 60.7 Å². The molecule has 1 saturated heterocycles. The Bertz CT molecular complexity index is 109. The molecule has 0 spiro atoms. The second-order valence-electron chi connectivity index (χ2n) is 2.48. The predicted molar refractivity (Wildman–Crippen MR) is 39.7 cm³/mol. The maximum atomic E-state index is 9.21. The molecule has 1 aliphatic rings. The molecule has 0 aromatic rings. The molecule has 1 rings (SSSR count). The van der Waals surface area contributed by atoms with Crippen molar-refractivity contribution in [1.29, 1.82) is 0 Å². The van der Waals surface area contributed by atoms with Crippen LogP contribution in [0.15, 0.2) is 0 Å². The standard InChI is InChI=1S/C6H12O3S/c7-3-4-1-2-10-6(9)5(4)8/h4-9H,1-3H2. The van der Waals surface area contributed by atoms with Crippen molar-refractivity contribution in [3.8, 4) is 0 Å². The van der Waals surface area contributed by atoms with Crippen molar-refractivity contribution in [2.75, 3.05) is 12.4 Å². The van der Waals surface area contributed by atoms with E-state index in [1.165, 1.54) is 11.8 Å². The Morgan fingerprint density at radius 1 is 1.40 bits per heavy atom. The zero-order chi connectivity index (χ0) is 7.56. The van der Waals surface area contributed by atoms with Crippen LogP contribution < -0.4 is 0 Å². The molecule has 1 heterocycles. The van der Waals surface area contributed by atoms with E-state index in [-0.39, 0.29) is 12.5 Å². The highest BCUT2D eigenvalue weighted by atomic mass is 32.2. The lowest BCUT2D eigenvalue weighted by Gasteiger charge is -2.29. The number of thioether (sulfide) groups is 1. The van der Waals surface area contributed by atoms with Gasteiger partial charge in [-0.1, -0.05) is 0 Å². The first-order valence-electron chi connectivity index (χ1n) is 3.34. The quantitative estimate of drug-likeness (QED) is 0.485. The van der Waals surface area contributed by atoms with Gasteiger partial charge in [-0.3, -0.25) is 0 Å². The highest BCUT2D eigenvalue weighted by Crippen LogP contribution is 2.27. The number of aliphatic hydroxyl groups excluding tert-OH is 3. The zero-order valence-electron chi connectivity index (χ0n) is 5.60. The second-order valence-corrected chi connectivity index (χ2v) is 3.71. The third-order valence-corrected chi connectivity index (χ3v) is 2.88. The minimum atomic E-state index is -0.747. The first kappa shape index (κ1) is 8.33. The van der Waals surface area contributed by atoms with Gasteiger partial charge >= 0.3 is 0 Å². The van der Waals surface area contributed by atoms with Crippen molar-refractivity contribution in [3.63, 3.8) is 0 Å². The van der Waals surface area contributed by atoms with Crippen LogP contribution in [0.1, 0.15) is 6.42 Å². The van der Waals surface area contributed by atoms with Crippen molar-refractivity contribution in [2.24, 2.45) is 5.92 Å². The fraction of sp³-hybridized carbons (Fsp3) is 1.00. The van der Waals surface area contributed by atoms with Crippen molar-refractivity contribution in [3.05, 3.63) is 0 Å². The van der Waals surface area contributed by atoms with E-state index in [0.29, 0.717) is 0 Å². The Kier molecular flexibility index (Phi) is 2.97. The van der Waals surface area contributed by atoms with Gasteiger partial charge in [0.05, 0.1) is 6.10 Å². The molecule has 60 valence electrons. The third-order valence-electron chi connectivity index (χ3n) is 1.79. The van der Waals surface area contributed by atoms with Gasteiger partial charge in [-0.25, -0.2) is 0 Å². The molecule has 0 aromatic carbocycles. The van der Waals surface area contributed by atoms with Gasteiger partial charge in [0.1, 0.15) is 5.44 Å². The van der Waals surface area contributed by atoms with Gasteiger partial charge < -0.3 is 15.3 Å². The van der Waals surface area contributed by atoms with Gasteiger partial charge in [0.15, 0.2) is 0 Å². The van der Waals surface area contributed by atoms with Crippen molar-refractivity contribution < 1.29 is 15.3 Å². The molecule has 0 aromatic heterocycles. The molecule has 0 saturated carbocycles. The van der Waals surface area contributed by atoms with Crippen LogP contribution in [0, 0.1) is 5.92 Å². The fourth-order valence-corrected chi connectivity index (χ4v) is 2.14. The van der Waals surface area contributed by atoms with Crippen LogP contribution in [-0.2, 0) is 0 Å². The second kappa shape index (κ2) is 3.57. The van der Waals surface area contributed by atoms with Gasteiger partial charge in [-0.05, 0) is 12.2 Å². The number of aliphatic hydroxyl groups is 3. The maximum Gasteiger partial charge on any atom is 0.126 e. The normalized spacial score (nSPS) is 41.7. The van der Waals surface area contributed by atoms with Crippen molar-refractivity contribution in [2.45, 2.75) is 18.0 Å². The van der Waals surface area contributed by atoms with Crippen LogP contribution in [0.5, 0.6) is 0 Å². The van der Waals surface area contributed by atoms with Crippen LogP contribution in [0.3, 0.4) is 0 Å². The van der Waals surface area contributed by atoms with E-state index in [1.54, 1.807) is 0 Å². The van der Waals surface area contributed by atoms with Crippen LogP contribution in [-0.4, -0.2) is 39.2 Å². The van der Waals surface area contributed by atoms with Crippen LogP contribution >= 0.6 is 11.8 Å². The Balaban J connectivity index is 2.42.